The molecule has 3 aromatic rings. The lowest BCUT2D eigenvalue weighted by molar-refractivity contribution is 0.0957. The molecule has 136 valence electrons. The molecule has 1 aliphatic heterocycles. The normalized spacial score (nSPS) is 17.2. The van der Waals surface area contributed by atoms with Crippen LogP contribution in [0.5, 0.6) is 0 Å². The molecule has 0 aliphatic carbocycles. The predicted octanol–water partition coefficient (Wildman–Crippen LogP) is 4.26. The summed E-state index contributed by atoms with van der Waals surface area (Å²) in [5.74, 6) is 0.523. The molecule has 0 unspecified atom stereocenters. The third kappa shape index (κ3) is 3.43. The minimum Gasteiger partial charge on any atom is -0.376 e. The number of ether oxygens (including phenoxy) is 1. The van der Waals surface area contributed by atoms with Gasteiger partial charge in [-0.3, -0.25) is 4.79 Å². The predicted molar refractivity (Wildman–Crippen MR) is 105 cm³/mol. The highest BCUT2D eigenvalue weighted by atomic mass is 32.2. The van der Waals surface area contributed by atoms with E-state index >= 15 is 0 Å². The molecule has 0 radical (unpaired) electrons. The second kappa shape index (κ2) is 7.50. The van der Waals surface area contributed by atoms with Crippen LogP contribution in [0, 0.1) is 13.8 Å². The van der Waals surface area contributed by atoms with E-state index in [9.17, 15) is 4.79 Å². The standard InChI is InChI=1S/C19H21N3O2S2/c1-12-8-16(13(2)22(12)9-14-4-3-6-24-14)17(23)10-26-19-15-5-7-25-18(15)20-11-21-19/h5,7-8,11,14H,3-4,6,9-10H2,1-2H3/t14-/m0/s1. The van der Waals surface area contributed by atoms with Crippen molar-refractivity contribution in [2.24, 2.45) is 0 Å². The van der Waals surface area contributed by atoms with E-state index in [1.54, 1.807) is 17.7 Å². The Balaban J connectivity index is 1.48. The van der Waals surface area contributed by atoms with Gasteiger partial charge in [-0.15, -0.1) is 11.3 Å². The van der Waals surface area contributed by atoms with Crippen LogP contribution in [0.25, 0.3) is 10.2 Å². The highest BCUT2D eigenvalue weighted by Crippen LogP contribution is 2.29. The number of ketones is 1. The highest BCUT2D eigenvalue weighted by molar-refractivity contribution is 8.00. The van der Waals surface area contributed by atoms with Gasteiger partial charge in [0.2, 0.25) is 0 Å². The molecular weight excluding hydrogens is 366 g/mol. The first-order chi connectivity index (χ1) is 12.6. The second-order valence-electron chi connectivity index (χ2n) is 6.56. The average Bonchev–Trinajstić information content (AvgIpc) is 3.37. The van der Waals surface area contributed by atoms with Crippen molar-refractivity contribution in [1.29, 1.82) is 0 Å². The molecule has 1 atom stereocenters. The molecule has 0 amide bonds. The molecule has 1 saturated heterocycles. The molecule has 0 N–H and O–H groups in total. The lowest BCUT2D eigenvalue weighted by Crippen LogP contribution is -2.17. The van der Waals surface area contributed by atoms with Gasteiger partial charge in [0.25, 0.3) is 0 Å². The Morgan fingerprint density at radius 1 is 1.42 bits per heavy atom. The van der Waals surface area contributed by atoms with E-state index in [1.807, 2.05) is 24.4 Å². The molecule has 26 heavy (non-hydrogen) atoms. The first-order valence-electron chi connectivity index (χ1n) is 8.76. The monoisotopic (exact) mass is 387 g/mol. The van der Waals surface area contributed by atoms with E-state index in [1.165, 1.54) is 11.8 Å². The van der Waals surface area contributed by atoms with Gasteiger partial charge in [0.15, 0.2) is 5.78 Å². The summed E-state index contributed by atoms with van der Waals surface area (Å²) in [5, 5.41) is 3.90. The summed E-state index contributed by atoms with van der Waals surface area (Å²) in [4.78, 5) is 22.4. The van der Waals surface area contributed by atoms with E-state index in [0.717, 1.165) is 58.2 Å². The zero-order valence-electron chi connectivity index (χ0n) is 14.9. The molecule has 1 fully saturated rings. The number of aromatic nitrogens is 3. The maximum absolute atomic E-state index is 12.8. The Hall–Kier alpha value is -1.70. The first-order valence-corrected chi connectivity index (χ1v) is 10.6. The number of hydrogen-bond donors (Lipinski definition) is 0. The summed E-state index contributed by atoms with van der Waals surface area (Å²) in [5.41, 5.74) is 2.96. The average molecular weight is 388 g/mol. The Kier molecular flexibility index (Phi) is 5.11. The zero-order chi connectivity index (χ0) is 18.1. The van der Waals surface area contributed by atoms with E-state index in [2.05, 4.69) is 21.5 Å². The minimum absolute atomic E-state index is 0.142. The Morgan fingerprint density at radius 3 is 3.12 bits per heavy atom. The molecule has 7 heteroatoms. The number of thioether (sulfide) groups is 1. The SMILES string of the molecule is Cc1cc(C(=O)CSc2ncnc3sccc23)c(C)n1C[C@@H]1CCCO1. The topological polar surface area (TPSA) is 57.0 Å². The van der Waals surface area contributed by atoms with Crippen molar-refractivity contribution in [2.75, 3.05) is 12.4 Å². The number of hydrogen-bond acceptors (Lipinski definition) is 6. The van der Waals surface area contributed by atoms with Gasteiger partial charge in [-0.2, -0.15) is 0 Å². The summed E-state index contributed by atoms with van der Waals surface area (Å²) in [6.45, 7) is 5.77. The van der Waals surface area contributed by atoms with Gasteiger partial charge in [-0.05, 0) is 44.2 Å². The Bertz CT molecular complexity index is 942. The summed E-state index contributed by atoms with van der Waals surface area (Å²) in [7, 11) is 0. The quantitative estimate of drug-likeness (QED) is 0.359. The maximum Gasteiger partial charge on any atom is 0.174 e. The highest BCUT2D eigenvalue weighted by Gasteiger charge is 2.21. The van der Waals surface area contributed by atoms with Crippen molar-refractivity contribution in [3.05, 3.63) is 40.8 Å². The van der Waals surface area contributed by atoms with Crippen molar-refractivity contribution >= 4 is 39.1 Å². The van der Waals surface area contributed by atoms with Gasteiger partial charge in [0, 0.05) is 35.5 Å². The van der Waals surface area contributed by atoms with Crippen LogP contribution in [0.2, 0.25) is 0 Å². The third-order valence-electron chi connectivity index (χ3n) is 4.85. The van der Waals surface area contributed by atoms with Gasteiger partial charge in [-0.1, -0.05) is 11.8 Å². The van der Waals surface area contributed by atoms with Gasteiger partial charge in [0.1, 0.15) is 16.2 Å². The second-order valence-corrected chi connectivity index (χ2v) is 8.42. The molecule has 4 rings (SSSR count). The molecule has 0 aromatic carbocycles. The summed E-state index contributed by atoms with van der Waals surface area (Å²) >= 11 is 3.08. The smallest absolute Gasteiger partial charge is 0.174 e. The fourth-order valence-electron chi connectivity index (χ4n) is 3.45. The molecule has 5 nitrogen and oxygen atoms in total. The van der Waals surface area contributed by atoms with Crippen LogP contribution in [0.15, 0.2) is 28.9 Å². The first kappa shape index (κ1) is 17.7. The number of Topliss-reactive ketones (excluding diaryl/α,β-unsaturated/α-hetero) is 1. The summed E-state index contributed by atoms with van der Waals surface area (Å²) in [6.07, 6.45) is 4.06. The van der Waals surface area contributed by atoms with Crippen LogP contribution in [0.3, 0.4) is 0 Å². The number of fused-ring (bicyclic) bond motifs is 1. The number of aryl methyl sites for hydroxylation is 1. The van der Waals surface area contributed by atoms with Crippen LogP contribution >= 0.6 is 23.1 Å². The van der Waals surface area contributed by atoms with E-state index in [0.29, 0.717) is 5.75 Å². The molecule has 0 saturated carbocycles. The molecule has 4 heterocycles. The van der Waals surface area contributed by atoms with Gasteiger partial charge >= 0.3 is 0 Å². The van der Waals surface area contributed by atoms with Crippen molar-refractivity contribution in [2.45, 2.75) is 44.4 Å². The van der Waals surface area contributed by atoms with E-state index < -0.39 is 0 Å². The molecular formula is C19H21N3O2S2. The third-order valence-corrected chi connectivity index (χ3v) is 6.68. The molecule has 3 aromatic heterocycles. The summed E-state index contributed by atoms with van der Waals surface area (Å²) < 4.78 is 7.97. The van der Waals surface area contributed by atoms with Crippen molar-refractivity contribution in [1.82, 2.24) is 14.5 Å². The lowest BCUT2D eigenvalue weighted by atomic mass is 10.2. The van der Waals surface area contributed by atoms with Crippen LogP contribution in [-0.2, 0) is 11.3 Å². The van der Waals surface area contributed by atoms with Gasteiger partial charge in [-0.25, -0.2) is 9.97 Å². The number of carbonyl (C=O) groups is 1. The van der Waals surface area contributed by atoms with Crippen molar-refractivity contribution < 1.29 is 9.53 Å². The van der Waals surface area contributed by atoms with Crippen LogP contribution in [-0.4, -0.2) is 38.8 Å². The Labute approximate surface area is 160 Å². The van der Waals surface area contributed by atoms with Crippen LogP contribution in [0.4, 0.5) is 0 Å². The molecule has 0 bridgehead atoms. The van der Waals surface area contributed by atoms with Crippen molar-refractivity contribution in [3.63, 3.8) is 0 Å². The maximum atomic E-state index is 12.8. The fraction of sp³-hybridized carbons (Fsp3) is 0.421. The van der Waals surface area contributed by atoms with Gasteiger partial charge in [0.05, 0.1) is 11.9 Å². The van der Waals surface area contributed by atoms with Crippen molar-refractivity contribution in [3.8, 4) is 0 Å². The lowest BCUT2D eigenvalue weighted by Gasteiger charge is -2.14. The molecule has 1 aliphatic rings. The van der Waals surface area contributed by atoms with E-state index in [4.69, 9.17) is 4.74 Å². The molecule has 0 spiro atoms. The van der Waals surface area contributed by atoms with Gasteiger partial charge < -0.3 is 9.30 Å². The zero-order valence-corrected chi connectivity index (χ0v) is 16.5. The number of nitrogens with zero attached hydrogens (tertiary/aromatic N) is 3. The van der Waals surface area contributed by atoms with E-state index in [-0.39, 0.29) is 11.9 Å². The largest absolute Gasteiger partial charge is 0.376 e. The fourth-order valence-corrected chi connectivity index (χ4v) is 5.11. The van der Waals surface area contributed by atoms with Crippen LogP contribution < -0.4 is 0 Å². The van der Waals surface area contributed by atoms with Crippen LogP contribution in [0.1, 0.15) is 34.6 Å². The number of carbonyl (C=O) groups excluding carboxylic acids is 1. The summed E-state index contributed by atoms with van der Waals surface area (Å²) in [6, 6.07) is 4.02. The number of thiophene rings is 1. The Morgan fingerprint density at radius 2 is 2.31 bits per heavy atom. The number of rotatable bonds is 6. The minimum atomic E-state index is 0.142.